The number of rotatable bonds is 7. The van der Waals surface area contributed by atoms with Gasteiger partial charge in [-0.05, 0) is 18.2 Å². The third-order valence-electron chi connectivity index (χ3n) is 3.29. The summed E-state index contributed by atoms with van der Waals surface area (Å²) in [6, 6.07) is 4.62. The lowest BCUT2D eigenvalue weighted by Crippen LogP contribution is -2.27. The van der Waals surface area contributed by atoms with Gasteiger partial charge in [0.1, 0.15) is 10.9 Å². The summed E-state index contributed by atoms with van der Waals surface area (Å²) in [5.74, 6) is -0.0217. The van der Waals surface area contributed by atoms with Crippen LogP contribution in [0, 0.1) is 5.41 Å². The number of hydrogen-bond acceptors (Lipinski definition) is 5. The zero-order chi connectivity index (χ0) is 17.7. The number of nitrogens with one attached hydrogen (secondary N) is 1. The molecule has 2 aromatic heterocycles. The SMILES string of the molecule is CC(C)(CO)CNc1cc(Cl)ncc1-c1ccc(OC(F)F)cn1. The van der Waals surface area contributed by atoms with E-state index in [2.05, 4.69) is 20.0 Å². The third-order valence-corrected chi connectivity index (χ3v) is 3.50. The lowest BCUT2D eigenvalue weighted by molar-refractivity contribution is -0.0500. The van der Waals surface area contributed by atoms with Crippen molar-refractivity contribution in [1.82, 2.24) is 9.97 Å². The van der Waals surface area contributed by atoms with Crippen LogP contribution in [0.25, 0.3) is 11.3 Å². The Bertz CT molecular complexity index is 682. The van der Waals surface area contributed by atoms with Crippen molar-refractivity contribution < 1.29 is 18.6 Å². The number of aliphatic hydroxyl groups is 1. The van der Waals surface area contributed by atoms with E-state index >= 15 is 0 Å². The van der Waals surface area contributed by atoms with Crippen LogP contribution >= 0.6 is 11.6 Å². The molecule has 0 saturated heterocycles. The summed E-state index contributed by atoms with van der Waals surface area (Å²) < 4.78 is 28.7. The van der Waals surface area contributed by atoms with Crippen LogP contribution in [0.2, 0.25) is 5.15 Å². The zero-order valence-corrected chi connectivity index (χ0v) is 14.0. The van der Waals surface area contributed by atoms with E-state index < -0.39 is 6.61 Å². The molecular weight excluding hydrogens is 340 g/mol. The second-order valence-electron chi connectivity index (χ2n) is 5.99. The second-order valence-corrected chi connectivity index (χ2v) is 6.37. The number of aliphatic hydroxyl groups excluding tert-OH is 1. The molecular formula is C16H18ClF2N3O2. The Morgan fingerprint density at radius 1 is 1.29 bits per heavy atom. The van der Waals surface area contributed by atoms with Crippen molar-refractivity contribution in [2.24, 2.45) is 5.41 Å². The maximum atomic E-state index is 12.2. The number of alkyl halides is 2. The smallest absolute Gasteiger partial charge is 0.387 e. The van der Waals surface area contributed by atoms with Crippen LogP contribution < -0.4 is 10.1 Å². The number of halogens is 3. The Hall–Kier alpha value is -1.99. The van der Waals surface area contributed by atoms with Crippen LogP contribution in [0.1, 0.15) is 13.8 Å². The molecule has 5 nitrogen and oxygen atoms in total. The molecule has 0 aliphatic heterocycles. The number of hydrogen-bond donors (Lipinski definition) is 2. The first-order chi connectivity index (χ1) is 11.3. The summed E-state index contributed by atoms with van der Waals surface area (Å²) in [6.45, 7) is 1.46. The van der Waals surface area contributed by atoms with Gasteiger partial charge in [0.05, 0.1) is 11.9 Å². The minimum absolute atomic E-state index is 0.0199. The van der Waals surface area contributed by atoms with Crippen LogP contribution in [-0.2, 0) is 0 Å². The van der Waals surface area contributed by atoms with Crippen LogP contribution in [0.15, 0.2) is 30.6 Å². The Labute approximate surface area is 143 Å². The molecule has 2 heterocycles. The molecule has 0 aromatic carbocycles. The van der Waals surface area contributed by atoms with Gasteiger partial charge >= 0.3 is 6.61 Å². The molecule has 8 heteroatoms. The Kier molecular flexibility index (Phi) is 5.90. The summed E-state index contributed by atoms with van der Waals surface area (Å²) in [5, 5.41) is 12.9. The fourth-order valence-corrected chi connectivity index (χ4v) is 2.04. The first-order valence-electron chi connectivity index (χ1n) is 7.22. The van der Waals surface area contributed by atoms with E-state index in [0.29, 0.717) is 28.6 Å². The Morgan fingerprint density at radius 2 is 2.04 bits per heavy atom. The second kappa shape index (κ2) is 7.72. The van der Waals surface area contributed by atoms with Gasteiger partial charge in [-0.15, -0.1) is 0 Å². The highest BCUT2D eigenvalue weighted by Gasteiger charge is 2.18. The topological polar surface area (TPSA) is 67.3 Å². The van der Waals surface area contributed by atoms with Gasteiger partial charge in [0.15, 0.2) is 0 Å². The average molecular weight is 358 g/mol. The third kappa shape index (κ3) is 5.01. The number of aromatic nitrogens is 2. The van der Waals surface area contributed by atoms with E-state index in [0.717, 1.165) is 0 Å². The highest BCUT2D eigenvalue weighted by atomic mass is 35.5. The minimum atomic E-state index is -2.90. The molecule has 2 rings (SSSR count). The number of pyridine rings is 2. The molecule has 2 aromatic rings. The van der Waals surface area contributed by atoms with E-state index in [9.17, 15) is 13.9 Å². The molecule has 0 atom stereocenters. The van der Waals surface area contributed by atoms with Gasteiger partial charge < -0.3 is 15.2 Å². The van der Waals surface area contributed by atoms with Gasteiger partial charge in [0.25, 0.3) is 0 Å². The highest BCUT2D eigenvalue weighted by Crippen LogP contribution is 2.30. The predicted octanol–water partition coefficient (Wildman–Crippen LogP) is 3.83. The molecule has 0 radical (unpaired) electrons. The average Bonchev–Trinajstić information content (AvgIpc) is 2.54. The normalized spacial score (nSPS) is 11.6. The number of ether oxygens (including phenoxy) is 1. The molecule has 2 N–H and O–H groups in total. The van der Waals surface area contributed by atoms with Gasteiger partial charge in [-0.2, -0.15) is 8.78 Å². The predicted molar refractivity (Wildman–Crippen MR) is 88.5 cm³/mol. The Balaban J connectivity index is 2.26. The van der Waals surface area contributed by atoms with Gasteiger partial charge in [0, 0.05) is 36.0 Å². The molecule has 0 aliphatic carbocycles. The van der Waals surface area contributed by atoms with Crippen LogP contribution in [0.3, 0.4) is 0 Å². The van der Waals surface area contributed by atoms with Crippen molar-refractivity contribution in [3.63, 3.8) is 0 Å². The van der Waals surface area contributed by atoms with Crippen molar-refractivity contribution in [3.8, 4) is 17.0 Å². The monoisotopic (exact) mass is 357 g/mol. The fraction of sp³-hybridized carbons (Fsp3) is 0.375. The molecule has 0 saturated carbocycles. The molecule has 0 aliphatic rings. The maximum Gasteiger partial charge on any atom is 0.387 e. The van der Waals surface area contributed by atoms with E-state index in [4.69, 9.17) is 11.6 Å². The summed E-state index contributed by atoms with van der Waals surface area (Å²) >= 11 is 5.95. The highest BCUT2D eigenvalue weighted by molar-refractivity contribution is 6.29. The van der Waals surface area contributed by atoms with E-state index in [-0.39, 0.29) is 17.8 Å². The molecule has 0 spiro atoms. The molecule has 0 fully saturated rings. The minimum Gasteiger partial charge on any atom is -0.433 e. The quantitative estimate of drug-likeness (QED) is 0.737. The van der Waals surface area contributed by atoms with E-state index in [1.165, 1.54) is 12.3 Å². The van der Waals surface area contributed by atoms with E-state index in [1.807, 2.05) is 13.8 Å². The van der Waals surface area contributed by atoms with Crippen molar-refractivity contribution in [3.05, 3.63) is 35.7 Å². The molecule has 0 unspecified atom stereocenters. The lowest BCUT2D eigenvalue weighted by Gasteiger charge is -2.23. The van der Waals surface area contributed by atoms with Crippen LogP contribution in [0.5, 0.6) is 5.75 Å². The molecule has 24 heavy (non-hydrogen) atoms. The van der Waals surface area contributed by atoms with Crippen molar-refractivity contribution >= 4 is 17.3 Å². The lowest BCUT2D eigenvalue weighted by atomic mass is 9.95. The number of anilines is 1. The summed E-state index contributed by atoms with van der Waals surface area (Å²) in [4.78, 5) is 8.16. The van der Waals surface area contributed by atoms with E-state index in [1.54, 1.807) is 18.3 Å². The number of nitrogens with zero attached hydrogens (tertiary/aromatic N) is 2. The van der Waals surface area contributed by atoms with Crippen LogP contribution in [-0.4, -0.2) is 34.8 Å². The van der Waals surface area contributed by atoms with Gasteiger partial charge in [-0.1, -0.05) is 25.4 Å². The van der Waals surface area contributed by atoms with Crippen molar-refractivity contribution in [2.75, 3.05) is 18.5 Å². The molecule has 0 amide bonds. The summed E-state index contributed by atoms with van der Waals surface area (Å²) in [6.07, 6.45) is 2.77. The first kappa shape index (κ1) is 18.4. The Morgan fingerprint density at radius 3 is 2.62 bits per heavy atom. The fourth-order valence-electron chi connectivity index (χ4n) is 1.88. The zero-order valence-electron chi connectivity index (χ0n) is 13.3. The van der Waals surface area contributed by atoms with Crippen molar-refractivity contribution in [1.29, 1.82) is 0 Å². The molecule has 0 bridgehead atoms. The summed E-state index contributed by atoms with van der Waals surface area (Å²) in [7, 11) is 0. The van der Waals surface area contributed by atoms with Crippen LogP contribution in [0.4, 0.5) is 14.5 Å². The van der Waals surface area contributed by atoms with Gasteiger partial charge in [-0.3, -0.25) is 4.98 Å². The summed E-state index contributed by atoms with van der Waals surface area (Å²) in [5.41, 5.74) is 1.56. The largest absolute Gasteiger partial charge is 0.433 e. The van der Waals surface area contributed by atoms with Gasteiger partial charge in [0.2, 0.25) is 0 Å². The standard InChI is InChI=1S/C16H18ClF2N3O2/c1-16(2,9-23)8-22-13-5-14(17)21-7-11(13)12-4-3-10(6-20-12)24-15(18)19/h3-7,15,23H,8-9H2,1-2H3,(H,21,22). The first-order valence-corrected chi connectivity index (χ1v) is 7.60. The maximum absolute atomic E-state index is 12.2. The van der Waals surface area contributed by atoms with Gasteiger partial charge in [-0.25, -0.2) is 4.98 Å². The van der Waals surface area contributed by atoms with Crippen molar-refractivity contribution in [2.45, 2.75) is 20.5 Å². The molecule has 130 valence electrons.